The van der Waals surface area contributed by atoms with Crippen LogP contribution in [0, 0.1) is 5.82 Å². The maximum atomic E-state index is 14.9. The highest BCUT2D eigenvalue weighted by Gasteiger charge is 2.24. The number of nitrogens with zero attached hydrogens (tertiary/aromatic N) is 3. The van der Waals surface area contributed by atoms with E-state index < -0.39 is 17.7 Å². The third-order valence-electron chi connectivity index (χ3n) is 4.45. The summed E-state index contributed by atoms with van der Waals surface area (Å²) in [5.41, 5.74) is 1.49. The van der Waals surface area contributed by atoms with Crippen LogP contribution in [0.2, 0.25) is 0 Å². The molecular formula is C22H27FN4O3. The number of nitrogens with one attached hydrogen (secondary N) is 1. The second-order valence-electron chi connectivity index (χ2n) is 7.99. The fourth-order valence-electron chi connectivity index (χ4n) is 3.26. The highest BCUT2D eigenvalue weighted by Crippen LogP contribution is 2.32. The van der Waals surface area contributed by atoms with Gasteiger partial charge in [0.2, 0.25) is 0 Å². The molecule has 0 radical (unpaired) electrons. The Bertz CT molecular complexity index is 1030. The van der Waals surface area contributed by atoms with E-state index in [2.05, 4.69) is 15.3 Å². The van der Waals surface area contributed by atoms with E-state index in [1.54, 1.807) is 52.3 Å². The number of hydrogen-bond acceptors (Lipinski definition) is 5. The lowest BCUT2D eigenvalue weighted by Crippen LogP contribution is -2.35. The predicted octanol–water partition coefficient (Wildman–Crippen LogP) is 4.47. The summed E-state index contributed by atoms with van der Waals surface area (Å²) in [6.45, 7) is 8.04. The zero-order valence-electron chi connectivity index (χ0n) is 17.9. The molecule has 160 valence electrons. The van der Waals surface area contributed by atoms with Gasteiger partial charge >= 0.3 is 6.09 Å². The molecule has 0 aliphatic heterocycles. The van der Waals surface area contributed by atoms with E-state index in [0.717, 1.165) is 0 Å². The minimum atomic E-state index is -0.616. The molecule has 0 aliphatic carbocycles. The molecule has 30 heavy (non-hydrogen) atoms. The zero-order valence-corrected chi connectivity index (χ0v) is 17.9. The zero-order chi connectivity index (χ0) is 21.9. The van der Waals surface area contributed by atoms with Crippen molar-refractivity contribution in [2.24, 2.45) is 0 Å². The van der Waals surface area contributed by atoms with E-state index in [4.69, 9.17) is 9.47 Å². The summed E-state index contributed by atoms with van der Waals surface area (Å²) in [7, 11) is 1.60. The van der Waals surface area contributed by atoms with Gasteiger partial charge in [-0.15, -0.1) is 0 Å². The summed E-state index contributed by atoms with van der Waals surface area (Å²) < 4.78 is 27.4. The van der Waals surface area contributed by atoms with Gasteiger partial charge in [-0.05, 0) is 52.0 Å². The number of fused-ring (bicyclic) bond motifs is 1. The average molecular weight is 414 g/mol. The lowest BCUT2D eigenvalue weighted by Gasteiger charge is -2.22. The normalized spacial score (nSPS) is 12.7. The second-order valence-corrected chi connectivity index (χ2v) is 7.99. The molecule has 1 amide bonds. The predicted molar refractivity (Wildman–Crippen MR) is 113 cm³/mol. The number of methoxy groups -OCH3 is 1. The number of carbonyl (C=O) groups is 1. The van der Waals surface area contributed by atoms with Crippen molar-refractivity contribution >= 4 is 17.1 Å². The first-order chi connectivity index (χ1) is 14.2. The van der Waals surface area contributed by atoms with Gasteiger partial charge in [-0.3, -0.25) is 4.98 Å². The van der Waals surface area contributed by atoms with E-state index in [9.17, 15) is 9.18 Å². The summed E-state index contributed by atoms with van der Waals surface area (Å²) in [5.74, 6) is 0.190. The van der Waals surface area contributed by atoms with Crippen LogP contribution in [0.4, 0.5) is 9.18 Å². The van der Waals surface area contributed by atoms with Crippen molar-refractivity contribution in [2.45, 2.75) is 45.9 Å². The van der Waals surface area contributed by atoms with Crippen molar-refractivity contribution in [1.82, 2.24) is 19.9 Å². The number of hydrogen-bond donors (Lipinski definition) is 1. The maximum Gasteiger partial charge on any atom is 0.408 e. The van der Waals surface area contributed by atoms with E-state index in [1.807, 2.05) is 17.6 Å². The first-order valence-corrected chi connectivity index (χ1v) is 9.79. The third-order valence-corrected chi connectivity index (χ3v) is 4.45. The summed E-state index contributed by atoms with van der Waals surface area (Å²) in [6.07, 6.45) is 1.08. The summed E-state index contributed by atoms with van der Waals surface area (Å²) in [5, 5.41) is 2.81. The highest BCUT2D eigenvalue weighted by molar-refractivity contribution is 5.92. The molecule has 2 aromatic heterocycles. The van der Waals surface area contributed by atoms with Gasteiger partial charge in [0.25, 0.3) is 0 Å². The molecule has 3 rings (SSSR count). The van der Waals surface area contributed by atoms with Crippen molar-refractivity contribution < 1.29 is 18.7 Å². The van der Waals surface area contributed by atoms with Crippen molar-refractivity contribution in [2.75, 3.05) is 13.7 Å². The Morgan fingerprint density at radius 2 is 2.03 bits per heavy atom. The third kappa shape index (κ3) is 4.76. The van der Waals surface area contributed by atoms with Crippen LogP contribution in [-0.4, -0.2) is 39.9 Å². The molecule has 0 saturated heterocycles. The summed E-state index contributed by atoms with van der Waals surface area (Å²) >= 11 is 0. The molecule has 0 saturated carbocycles. The van der Waals surface area contributed by atoms with Crippen LogP contribution >= 0.6 is 0 Å². The molecule has 7 nitrogen and oxygen atoms in total. The highest BCUT2D eigenvalue weighted by atomic mass is 19.1. The molecule has 8 heteroatoms. The number of pyridine rings is 1. The van der Waals surface area contributed by atoms with Gasteiger partial charge < -0.3 is 19.4 Å². The SMILES string of the molecule is COCCn1c([C@H](C)NC(=O)OC(C)(C)C)nc2ccc(F)c(-c3ccccn3)c21. The standard InChI is InChI=1S/C22H27FN4O3/c1-14(25-21(28)30-22(2,3)4)20-26-17-10-9-15(23)18(16-8-6-7-11-24-16)19(17)27(20)12-13-29-5/h6-11,14H,12-13H2,1-5H3,(H,25,28)/t14-/m0/s1. The number of rotatable bonds is 6. The van der Waals surface area contributed by atoms with Crippen molar-refractivity contribution in [3.63, 3.8) is 0 Å². The number of aromatic nitrogens is 3. The Kier molecular flexibility index (Phi) is 6.36. The Balaban J connectivity index is 2.10. The van der Waals surface area contributed by atoms with Gasteiger partial charge in [-0.2, -0.15) is 0 Å². The van der Waals surface area contributed by atoms with E-state index >= 15 is 0 Å². The number of halogens is 1. The Labute approximate surface area is 175 Å². The van der Waals surface area contributed by atoms with E-state index in [-0.39, 0.29) is 5.82 Å². The molecule has 2 heterocycles. The van der Waals surface area contributed by atoms with Gasteiger partial charge in [0.1, 0.15) is 17.2 Å². The number of ether oxygens (including phenoxy) is 2. The molecule has 0 spiro atoms. The number of benzene rings is 1. The maximum absolute atomic E-state index is 14.9. The summed E-state index contributed by atoms with van der Waals surface area (Å²) in [6, 6.07) is 7.89. The van der Waals surface area contributed by atoms with E-state index in [1.165, 1.54) is 6.07 Å². The number of alkyl carbamates (subject to hydrolysis) is 1. The van der Waals surface area contributed by atoms with E-state index in [0.29, 0.717) is 41.3 Å². The van der Waals surface area contributed by atoms with Gasteiger partial charge in [-0.1, -0.05) is 6.07 Å². The summed E-state index contributed by atoms with van der Waals surface area (Å²) in [4.78, 5) is 21.3. The fourth-order valence-corrected chi connectivity index (χ4v) is 3.26. The molecule has 0 unspecified atom stereocenters. The van der Waals surface area contributed by atoms with Crippen LogP contribution < -0.4 is 5.32 Å². The number of imidazole rings is 1. The van der Waals surface area contributed by atoms with Crippen LogP contribution in [0.5, 0.6) is 0 Å². The van der Waals surface area contributed by atoms with Gasteiger partial charge in [-0.25, -0.2) is 14.2 Å². The van der Waals surface area contributed by atoms with Crippen LogP contribution in [0.15, 0.2) is 36.5 Å². The largest absolute Gasteiger partial charge is 0.444 e. The van der Waals surface area contributed by atoms with Crippen LogP contribution in [0.1, 0.15) is 39.6 Å². The first kappa shape index (κ1) is 21.7. The lowest BCUT2D eigenvalue weighted by molar-refractivity contribution is 0.0505. The Hall–Kier alpha value is -3.00. The minimum Gasteiger partial charge on any atom is -0.444 e. The monoisotopic (exact) mass is 414 g/mol. The molecule has 0 aliphatic rings. The number of amides is 1. The van der Waals surface area contributed by atoms with Crippen molar-refractivity contribution in [1.29, 1.82) is 0 Å². The average Bonchev–Trinajstić information content (AvgIpc) is 3.04. The fraction of sp³-hybridized carbons (Fsp3) is 0.409. The Morgan fingerprint density at radius 1 is 1.27 bits per heavy atom. The molecule has 1 aromatic carbocycles. The number of carbonyl (C=O) groups excluding carboxylic acids is 1. The molecular weight excluding hydrogens is 387 g/mol. The lowest BCUT2D eigenvalue weighted by atomic mass is 10.1. The quantitative estimate of drug-likeness (QED) is 0.644. The molecule has 0 bridgehead atoms. The van der Waals surface area contributed by atoms with Gasteiger partial charge in [0, 0.05) is 19.9 Å². The van der Waals surface area contributed by atoms with Gasteiger partial charge in [0.05, 0.1) is 34.9 Å². The van der Waals surface area contributed by atoms with Crippen molar-refractivity contribution in [3.05, 3.63) is 48.2 Å². The van der Waals surface area contributed by atoms with Crippen LogP contribution in [0.3, 0.4) is 0 Å². The van der Waals surface area contributed by atoms with Crippen LogP contribution in [-0.2, 0) is 16.0 Å². The minimum absolute atomic E-state index is 0.368. The molecule has 1 atom stereocenters. The molecule has 1 N–H and O–H groups in total. The topological polar surface area (TPSA) is 78.3 Å². The smallest absolute Gasteiger partial charge is 0.408 e. The molecule has 3 aromatic rings. The Morgan fingerprint density at radius 3 is 2.67 bits per heavy atom. The van der Waals surface area contributed by atoms with Gasteiger partial charge in [0.15, 0.2) is 0 Å². The molecule has 0 fully saturated rings. The first-order valence-electron chi connectivity index (χ1n) is 9.79. The second kappa shape index (κ2) is 8.79. The van der Waals surface area contributed by atoms with Crippen molar-refractivity contribution in [3.8, 4) is 11.3 Å². The van der Waals surface area contributed by atoms with Crippen LogP contribution in [0.25, 0.3) is 22.3 Å².